The number of benzene rings is 1. The standard InChI is InChI=1S/C12H18OSi/c1-10-5-7-11(8-6-10)14-12-4-2-3-9-13-12/h5-8,12H,2-4,9,14H2,1H3. The topological polar surface area (TPSA) is 9.23 Å². The van der Waals surface area contributed by atoms with E-state index in [0.717, 1.165) is 6.61 Å². The highest BCUT2D eigenvalue weighted by atomic mass is 28.2. The lowest BCUT2D eigenvalue weighted by Crippen LogP contribution is -2.33. The number of ether oxygens (including phenoxy) is 1. The third-order valence-electron chi connectivity index (χ3n) is 2.86. The van der Waals surface area contributed by atoms with Crippen LogP contribution in [-0.4, -0.2) is 21.9 Å². The third-order valence-corrected chi connectivity index (χ3v) is 4.90. The van der Waals surface area contributed by atoms with E-state index in [0.29, 0.717) is 5.73 Å². The van der Waals surface area contributed by atoms with Gasteiger partial charge < -0.3 is 4.74 Å². The number of hydrogen-bond acceptors (Lipinski definition) is 1. The first-order chi connectivity index (χ1) is 6.84. The van der Waals surface area contributed by atoms with Crippen molar-refractivity contribution >= 4 is 14.7 Å². The Morgan fingerprint density at radius 2 is 2.00 bits per heavy atom. The first kappa shape index (κ1) is 9.93. The summed E-state index contributed by atoms with van der Waals surface area (Å²) in [4.78, 5) is 0. The van der Waals surface area contributed by atoms with Crippen LogP contribution in [0.3, 0.4) is 0 Å². The zero-order valence-electron chi connectivity index (χ0n) is 8.83. The van der Waals surface area contributed by atoms with Gasteiger partial charge in [0.25, 0.3) is 0 Å². The highest BCUT2D eigenvalue weighted by molar-refractivity contribution is 6.54. The molecule has 0 aromatic heterocycles. The Morgan fingerprint density at radius 1 is 1.21 bits per heavy atom. The first-order valence-corrected chi connectivity index (χ1v) is 7.04. The van der Waals surface area contributed by atoms with Gasteiger partial charge in [-0.15, -0.1) is 0 Å². The molecule has 1 saturated heterocycles. The Kier molecular flexibility index (Phi) is 3.38. The lowest BCUT2D eigenvalue weighted by molar-refractivity contribution is 0.0660. The fourth-order valence-corrected chi connectivity index (χ4v) is 3.77. The van der Waals surface area contributed by atoms with Crippen LogP contribution in [0.5, 0.6) is 0 Å². The maximum Gasteiger partial charge on any atom is 0.0887 e. The number of rotatable bonds is 2. The molecule has 1 aromatic carbocycles. The molecule has 0 spiro atoms. The molecule has 1 unspecified atom stereocenters. The summed E-state index contributed by atoms with van der Waals surface area (Å²) in [5, 5.41) is 1.54. The van der Waals surface area contributed by atoms with Crippen molar-refractivity contribution in [1.29, 1.82) is 0 Å². The minimum Gasteiger partial charge on any atom is -0.382 e. The van der Waals surface area contributed by atoms with Crippen molar-refractivity contribution in [2.75, 3.05) is 6.61 Å². The van der Waals surface area contributed by atoms with E-state index in [1.807, 2.05) is 0 Å². The van der Waals surface area contributed by atoms with Gasteiger partial charge in [0.05, 0.1) is 9.52 Å². The monoisotopic (exact) mass is 206 g/mol. The molecule has 1 aliphatic rings. The van der Waals surface area contributed by atoms with Gasteiger partial charge in [-0.3, -0.25) is 0 Å². The Morgan fingerprint density at radius 3 is 2.64 bits per heavy atom. The molecule has 0 saturated carbocycles. The van der Waals surface area contributed by atoms with Crippen LogP contribution < -0.4 is 5.19 Å². The molecule has 1 fully saturated rings. The van der Waals surface area contributed by atoms with Crippen LogP contribution in [0.4, 0.5) is 0 Å². The molecule has 0 radical (unpaired) electrons. The minimum atomic E-state index is -0.195. The predicted octanol–water partition coefficient (Wildman–Crippen LogP) is 1.32. The Labute approximate surface area is 88.3 Å². The van der Waals surface area contributed by atoms with Gasteiger partial charge in [-0.05, 0) is 26.2 Å². The Bertz CT molecular complexity index is 275. The lowest BCUT2D eigenvalue weighted by Gasteiger charge is -2.22. The number of aryl methyl sites for hydroxylation is 1. The summed E-state index contributed by atoms with van der Waals surface area (Å²) < 4.78 is 5.77. The SMILES string of the molecule is Cc1ccc([SiH2]C2CCCCO2)cc1. The summed E-state index contributed by atoms with van der Waals surface area (Å²) >= 11 is 0. The molecule has 0 N–H and O–H groups in total. The van der Waals surface area contributed by atoms with Crippen molar-refractivity contribution in [1.82, 2.24) is 0 Å². The van der Waals surface area contributed by atoms with Crippen LogP contribution >= 0.6 is 0 Å². The first-order valence-electron chi connectivity index (χ1n) is 5.52. The van der Waals surface area contributed by atoms with Gasteiger partial charge in [0.1, 0.15) is 0 Å². The summed E-state index contributed by atoms with van der Waals surface area (Å²) in [7, 11) is -0.195. The van der Waals surface area contributed by atoms with E-state index in [9.17, 15) is 0 Å². The molecule has 76 valence electrons. The summed E-state index contributed by atoms with van der Waals surface area (Å²) in [6.07, 6.45) is 3.92. The van der Waals surface area contributed by atoms with E-state index < -0.39 is 0 Å². The average Bonchev–Trinajstić information content (AvgIpc) is 2.23. The molecule has 1 aromatic rings. The molecule has 2 heteroatoms. The van der Waals surface area contributed by atoms with Crippen LogP contribution in [0.2, 0.25) is 0 Å². The van der Waals surface area contributed by atoms with Crippen LogP contribution in [0.1, 0.15) is 24.8 Å². The lowest BCUT2D eigenvalue weighted by atomic mass is 10.2. The van der Waals surface area contributed by atoms with Crippen molar-refractivity contribution in [2.45, 2.75) is 31.9 Å². The third kappa shape index (κ3) is 2.69. The van der Waals surface area contributed by atoms with Gasteiger partial charge in [-0.25, -0.2) is 0 Å². The fourth-order valence-electron chi connectivity index (χ4n) is 1.96. The Balaban J connectivity index is 1.92. The quantitative estimate of drug-likeness (QED) is 0.663. The highest BCUT2D eigenvalue weighted by Gasteiger charge is 2.14. The van der Waals surface area contributed by atoms with E-state index in [-0.39, 0.29) is 9.52 Å². The van der Waals surface area contributed by atoms with Crippen molar-refractivity contribution in [3.05, 3.63) is 29.8 Å². The summed E-state index contributed by atoms with van der Waals surface area (Å²) in [6.45, 7) is 3.13. The Hall–Kier alpha value is -0.603. The summed E-state index contributed by atoms with van der Waals surface area (Å²) in [5.41, 5.74) is 1.96. The molecule has 14 heavy (non-hydrogen) atoms. The molecule has 0 amide bonds. The van der Waals surface area contributed by atoms with Crippen LogP contribution in [0.15, 0.2) is 24.3 Å². The average molecular weight is 206 g/mol. The van der Waals surface area contributed by atoms with E-state index in [1.54, 1.807) is 5.19 Å². The largest absolute Gasteiger partial charge is 0.382 e. The number of hydrogen-bond donors (Lipinski definition) is 0. The van der Waals surface area contributed by atoms with Crippen molar-refractivity contribution < 1.29 is 4.74 Å². The van der Waals surface area contributed by atoms with Gasteiger partial charge in [0.2, 0.25) is 0 Å². The molecule has 0 bridgehead atoms. The smallest absolute Gasteiger partial charge is 0.0887 e. The minimum absolute atomic E-state index is 0.195. The second kappa shape index (κ2) is 4.76. The normalized spacial score (nSPS) is 23.1. The van der Waals surface area contributed by atoms with Crippen LogP contribution in [0, 0.1) is 6.92 Å². The highest BCUT2D eigenvalue weighted by Crippen LogP contribution is 2.11. The van der Waals surface area contributed by atoms with Crippen molar-refractivity contribution in [2.24, 2.45) is 0 Å². The molecule has 1 heterocycles. The molecular formula is C12H18OSi. The molecule has 1 nitrogen and oxygen atoms in total. The maximum atomic E-state index is 5.77. The van der Waals surface area contributed by atoms with Gasteiger partial charge in [0.15, 0.2) is 0 Å². The second-order valence-electron chi connectivity index (χ2n) is 4.18. The van der Waals surface area contributed by atoms with E-state index in [4.69, 9.17) is 4.74 Å². The zero-order valence-corrected chi connectivity index (χ0v) is 10.2. The fraction of sp³-hybridized carbons (Fsp3) is 0.500. The van der Waals surface area contributed by atoms with E-state index in [1.165, 1.54) is 24.8 Å². The second-order valence-corrected chi connectivity index (χ2v) is 6.31. The van der Waals surface area contributed by atoms with Crippen molar-refractivity contribution in [3.8, 4) is 0 Å². The van der Waals surface area contributed by atoms with Crippen LogP contribution in [0.25, 0.3) is 0 Å². The van der Waals surface area contributed by atoms with E-state index in [2.05, 4.69) is 31.2 Å². The molecule has 1 aliphatic heterocycles. The predicted molar refractivity (Wildman–Crippen MR) is 62.9 cm³/mol. The molecule has 0 aliphatic carbocycles. The van der Waals surface area contributed by atoms with Gasteiger partial charge in [-0.2, -0.15) is 0 Å². The maximum absolute atomic E-state index is 5.77. The molecule has 2 rings (SSSR count). The van der Waals surface area contributed by atoms with E-state index >= 15 is 0 Å². The van der Waals surface area contributed by atoms with Gasteiger partial charge >= 0.3 is 0 Å². The molecule has 1 atom stereocenters. The van der Waals surface area contributed by atoms with Crippen LogP contribution in [-0.2, 0) is 4.74 Å². The summed E-state index contributed by atoms with van der Waals surface area (Å²) in [6, 6.07) is 8.98. The van der Waals surface area contributed by atoms with Gasteiger partial charge in [-0.1, -0.05) is 35.0 Å². The van der Waals surface area contributed by atoms with Gasteiger partial charge in [0, 0.05) is 12.3 Å². The van der Waals surface area contributed by atoms with Crippen molar-refractivity contribution in [3.63, 3.8) is 0 Å². The molecular weight excluding hydrogens is 188 g/mol. The zero-order chi connectivity index (χ0) is 9.80. The summed E-state index contributed by atoms with van der Waals surface area (Å²) in [5.74, 6) is 0.